The zero-order valence-corrected chi connectivity index (χ0v) is 21.3. The maximum absolute atomic E-state index is 13.7. The number of unbranched alkanes of at least 4 members (excludes halogenated alkanes) is 2. The molecule has 8 nitrogen and oxygen atoms in total. The summed E-state index contributed by atoms with van der Waals surface area (Å²) in [5, 5.41) is 19.2. The molecule has 2 aliphatic heterocycles. The van der Waals surface area contributed by atoms with Gasteiger partial charge >= 0.3 is 0 Å². The summed E-state index contributed by atoms with van der Waals surface area (Å²) < 4.78 is 0. The Kier molecular flexibility index (Phi) is 8.04. The minimum absolute atomic E-state index is 0.00310. The van der Waals surface area contributed by atoms with Crippen LogP contribution < -0.4 is 10.6 Å². The average molecular weight is 492 g/mol. The lowest BCUT2D eigenvalue weighted by Crippen LogP contribution is -2.44. The first-order valence-corrected chi connectivity index (χ1v) is 13.0. The molecule has 1 amide bonds. The zero-order chi connectivity index (χ0) is 25.8. The van der Waals surface area contributed by atoms with E-state index in [9.17, 15) is 14.9 Å². The van der Waals surface area contributed by atoms with Crippen LogP contribution >= 0.6 is 0 Å². The van der Waals surface area contributed by atoms with E-state index < -0.39 is 10.8 Å². The van der Waals surface area contributed by atoms with E-state index in [1.54, 1.807) is 23.1 Å². The second-order valence-electron chi connectivity index (χ2n) is 10.3. The van der Waals surface area contributed by atoms with Gasteiger partial charge in [0.25, 0.3) is 5.69 Å². The summed E-state index contributed by atoms with van der Waals surface area (Å²) >= 11 is 0. The van der Waals surface area contributed by atoms with Crippen molar-refractivity contribution in [3.63, 3.8) is 0 Å². The number of amidine groups is 1. The Hall–Kier alpha value is -3.26. The predicted molar refractivity (Wildman–Crippen MR) is 143 cm³/mol. The molecular formula is C28H37N5O3. The van der Waals surface area contributed by atoms with E-state index in [2.05, 4.69) is 18.7 Å². The molecular weight excluding hydrogens is 454 g/mol. The first-order valence-electron chi connectivity index (χ1n) is 13.0. The number of nitro benzene ring substituents is 1. The Morgan fingerprint density at radius 1 is 1.08 bits per heavy atom. The number of nitrogens with two attached hydrogens (primary N) is 1. The quantitative estimate of drug-likeness (QED) is 0.169. The number of likely N-dealkylation sites (tertiary alicyclic amines) is 1. The second-order valence-corrected chi connectivity index (χ2v) is 10.3. The molecule has 1 fully saturated rings. The van der Waals surface area contributed by atoms with Crippen LogP contribution in [0, 0.1) is 15.5 Å². The number of hydrogen-bond donors (Lipinski definition) is 2. The minimum Gasteiger partial charge on any atom is -0.384 e. The number of hydrogen-bond acceptors (Lipinski definition) is 5. The Morgan fingerprint density at radius 3 is 2.50 bits per heavy atom. The number of nitro groups is 1. The largest absolute Gasteiger partial charge is 0.384 e. The maximum atomic E-state index is 13.7. The molecule has 192 valence electrons. The van der Waals surface area contributed by atoms with E-state index in [1.807, 2.05) is 12.1 Å². The van der Waals surface area contributed by atoms with E-state index in [1.165, 1.54) is 31.4 Å². The molecule has 0 spiro atoms. The molecule has 2 heterocycles. The lowest BCUT2D eigenvalue weighted by molar-refractivity contribution is -0.384. The smallest absolute Gasteiger partial charge is 0.271 e. The Bertz CT molecular complexity index is 1120. The number of nitrogen functional groups attached to an aromatic ring is 1. The summed E-state index contributed by atoms with van der Waals surface area (Å²) in [6.45, 7) is 6.22. The number of fused-ring (bicyclic) bond motifs is 1. The fourth-order valence-electron chi connectivity index (χ4n) is 5.77. The molecule has 2 aromatic carbocycles. The van der Waals surface area contributed by atoms with Crippen molar-refractivity contribution in [2.24, 2.45) is 5.73 Å². The number of carbonyl (C=O) groups excluding carboxylic acids is 1. The Morgan fingerprint density at radius 2 is 1.81 bits per heavy atom. The van der Waals surface area contributed by atoms with E-state index in [4.69, 9.17) is 11.1 Å². The number of rotatable bonds is 9. The van der Waals surface area contributed by atoms with Crippen molar-refractivity contribution in [3.05, 3.63) is 69.3 Å². The van der Waals surface area contributed by atoms with Crippen LogP contribution in [0.4, 0.5) is 11.4 Å². The summed E-state index contributed by atoms with van der Waals surface area (Å²) in [6, 6.07) is 13.3. The highest BCUT2D eigenvalue weighted by Gasteiger charge is 2.35. The van der Waals surface area contributed by atoms with Gasteiger partial charge in [0, 0.05) is 36.3 Å². The summed E-state index contributed by atoms with van der Waals surface area (Å²) in [4.78, 5) is 29.1. The minimum atomic E-state index is -0.410. The van der Waals surface area contributed by atoms with Crippen molar-refractivity contribution < 1.29 is 9.72 Å². The highest BCUT2D eigenvalue weighted by Crippen LogP contribution is 2.38. The molecule has 0 saturated carbocycles. The van der Waals surface area contributed by atoms with Gasteiger partial charge in [0.1, 0.15) is 5.84 Å². The molecule has 0 aliphatic carbocycles. The molecule has 4 rings (SSSR count). The van der Waals surface area contributed by atoms with E-state index in [0.29, 0.717) is 36.3 Å². The van der Waals surface area contributed by atoms with Gasteiger partial charge < -0.3 is 10.6 Å². The van der Waals surface area contributed by atoms with Crippen molar-refractivity contribution >= 4 is 23.1 Å². The number of piperidine rings is 1. The molecule has 0 bridgehead atoms. The van der Waals surface area contributed by atoms with Crippen LogP contribution in [0.15, 0.2) is 42.5 Å². The number of benzene rings is 2. The van der Waals surface area contributed by atoms with Gasteiger partial charge in [0.2, 0.25) is 5.91 Å². The van der Waals surface area contributed by atoms with Gasteiger partial charge in [-0.15, -0.1) is 0 Å². The summed E-state index contributed by atoms with van der Waals surface area (Å²) in [6.07, 6.45) is 7.19. The second kappa shape index (κ2) is 11.2. The molecule has 8 heteroatoms. The predicted octanol–water partition coefficient (Wildman–Crippen LogP) is 4.98. The molecule has 0 radical (unpaired) electrons. The first-order chi connectivity index (χ1) is 17.3. The number of carbonyl (C=O) groups is 1. The standard InChI is InChI=1S/C28H37N5O3/c1-19-8-6-9-20(2)31(19)14-4-3-5-15-32-26-18-24(33(35)36)13-12-22(26)17-25(28(32)34)21-10-7-11-23(16-21)27(29)30/h7,10-13,16,18-20,25H,3-6,8-9,14-15,17H2,1-2H3,(H3,29,30)/t19-,20+,25?. The highest BCUT2D eigenvalue weighted by molar-refractivity contribution is 6.02. The number of non-ortho nitro benzene ring substituents is 1. The van der Waals surface area contributed by atoms with E-state index in [0.717, 1.165) is 36.9 Å². The molecule has 1 saturated heterocycles. The summed E-state index contributed by atoms with van der Waals surface area (Å²) in [7, 11) is 0. The zero-order valence-electron chi connectivity index (χ0n) is 21.3. The van der Waals surface area contributed by atoms with Crippen LogP contribution in [-0.4, -0.2) is 46.7 Å². The van der Waals surface area contributed by atoms with Crippen LogP contribution in [0.5, 0.6) is 0 Å². The third-order valence-corrected chi connectivity index (χ3v) is 7.83. The van der Waals surface area contributed by atoms with Crippen LogP contribution in [0.25, 0.3) is 0 Å². The van der Waals surface area contributed by atoms with Gasteiger partial charge in [-0.1, -0.05) is 37.1 Å². The fraction of sp³-hybridized carbons (Fsp3) is 0.500. The number of nitrogens with one attached hydrogen (secondary N) is 1. The Balaban J connectivity index is 1.49. The third-order valence-electron chi connectivity index (χ3n) is 7.83. The van der Waals surface area contributed by atoms with Gasteiger partial charge in [-0.05, 0) is 69.7 Å². The molecule has 36 heavy (non-hydrogen) atoms. The van der Waals surface area contributed by atoms with E-state index >= 15 is 0 Å². The highest BCUT2D eigenvalue weighted by atomic mass is 16.6. The average Bonchev–Trinajstić information content (AvgIpc) is 2.86. The van der Waals surface area contributed by atoms with Crippen LogP contribution in [0.2, 0.25) is 0 Å². The summed E-state index contributed by atoms with van der Waals surface area (Å²) in [5.74, 6) is -0.499. The van der Waals surface area contributed by atoms with Crippen LogP contribution in [0.3, 0.4) is 0 Å². The lowest BCUT2D eigenvalue weighted by atomic mass is 9.85. The van der Waals surface area contributed by atoms with Crippen LogP contribution in [0.1, 0.15) is 75.0 Å². The molecule has 2 aliphatic rings. The monoisotopic (exact) mass is 491 g/mol. The van der Waals surface area contributed by atoms with Gasteiger partial charge in [-0.3, -0.25) is 25.2 Å². The van der Waals surface area contributed by atoms with Crippen molar-refractivity contribution in [1.82, 2.24) is 4.90 Å². The molecule has 0 aromatic heterocycles. The third kappa shape index (κ3) is 5.59. The SMILES string of the molecule is C[C@@H]1CCC[C@H](C)N1CCCCCN1C(=O)C(c2cccc(C(=N)N)c2)Cc2ccc([N+](=O)[O-])cc21. The van der Waals surface area contributed by atoms with E-state index in [-0.39, 0.29) is 17.4 Å². The van der Waals surface area contributed by atoms with Crippen LogP contribution in [-0.2, 0) is 11.2 Å². The molecule has 1 unspecified atom stereocenters. The number of nitrogens with zero attached hydrogens (tertiary/aromatic N) is 3. The maximum Gasteiger partial charge on any atom is 0.271 e. The normalized spacial score (nSPS) is 22.3. The van der Waals surface area contributed by atoms with Gasteiger partial charge in [-0.25, -0.2) is 0 Å². The van der Waals surface area contributed by atoms with Crippen molar-refractivity contribution in [3.8, 4) is 0 Å². The van der Waals surface area contributed by atoms with Crippen molar-refractivity contribution in [2.75, 3.05) is 18.0 Å². The van der Waals surface area contributed by atoms with Gasteiger partial charge in [0.15, 0.2) is 0 Å². The van der Waals surface area contributed by atoms with Gasteiger partial charge in [-0.2, -0.15) is 0 Å². The first kappa shape index (κ1) is 25.8. The number of amides is 1. The topological polar surface area (TPSA) is 117 Å². The van der Waals surface area contributed by atoms with Crippen molar-refractivity contribution in [1.29, 1.82) is 5.41 Å². The fourth-order valence-corrected chi connectivity index (χ4v) is 5.77. The molecule has 2 aromatic rings. The molecule has 3 atom stereocenters. The van der Waals surface area contributed by atoms with Crippen molar-refractivity contribution in [2.45, 2.75) is 76.8 Å². The number of anilines is 1. The summed E-state index contributed by atoms with van der Waals surface area (Å²) in [5.41, 5.74) is 8.65. The van der Waals surface area contributed by atoms with Gasteiger partial charge in [0.05, 0.1) is 16.5 Å². The lowest BCUT2D eigenvalue weighted by Gasteiger charge is -2.39. The Labute approximate surface area is 213 Å². The molecule has 3 N–H and O–H groups in total.